The minimum Gasteiger partial charge on any atom is -0.391 e. The highest BCUT2D eigenvalue weighted by Crippen LogP contribution is 2.40. The Kier molecular flexibility index (Phi) is 8.25. The Labute approximate surface area is 216 Å². The van der Waals surface area contributed by atoms with Crippen LogP contribution in [0.1, 0.15) is 48.2 Å². The van der Waals surface area contributed by atoms with Crippen molar-refractivity contribution in [2.75, 3.05) is 0 Å². The fourth-order valence-corrected chi connectivity index (χ4v) is 5.01. The number of alkyl halides is 2. The standard InChI is InChI=1S/C27H28F4N4O3/c28-17-9-15(10-18(29)12-17)11-22(35-26(38)23-14-33-20-3-1-2-4-21(20)34-23)24(36)13-19(25(32)37)16-5-7-27(30,31)8-6-16/h1-4,9-10,12,14,16,19,22,24,36H,5-8,11,13H2,(H2,32,37)(H,35,38). The Hall–Kier alpha value is -3.60. The molecule has 0 bridgehead atoms. The number of aliphatic hydroxyl groups excluding tert-OH is 1. The topological polar surface area (TPSA) is 118 Å². The second-order valence-corrected chi connectivity index (χ2v) is 9.81. The van der Waals surface area contributed by atoms with Gasteiger partial charge in [-0.1, -0.05) is 12.1 Å². The summed E-state index contributed by atoms with van der Waals surface area (Å²) in [7, 11) is 0. The number of amides is 2. The minimum absolute atomic E-state index is 0.0488. The third kappa shape index (κ3) is 6.83. The number of fused-ring (bicyclic) bond motifs is 1. The fourth-order valence-electron chi connectivity index (χ4n) is 5.01. The SMILES string of the molecule is NC(=O)C(CC(O)C(Cc1cc(F)cc(F)c1)NC(=O)c1cnc2ccccc2n1)C1CCC(F)(F)CC1. The molecule has 11 heteroatoms. The van der Waals surface area contributed by atoms with E-state index in [1.165, 1.54) is 6.20 Å². The van der Waals surface area contributed by atoms with E-state index < -0.39 is 53.4 Å². The number of nitrogens with zero attached hydrogens (tertiary/aromatic N) is 2. The summed E-state index contributed by atoms with van der Waals surface area (Å²) in [6, 6.07) is 8.62. The summed E-state index contributed by atoms with van der Waals surface area (Å²) in [5, 5.41) is 13.8. The number of carbonyl (C=O) groups is 2. The van der Waals surface area contributed by atoms with Crippen LogP contribution >= 0.6 is 0 Å². The molecule has 3 atom stereocenters. The zero-order valence-corrected chi connectivity index (χ0v) is 20.4. The molecule has 2 aromatic carbocycles. The van der Waals surface area contributed by atoms with E-state index in [0.717, 1.165) is 12.1 Å². The average Bonchev–Trinajstić information content (AvgIpc) is 2.86. The predicted molar refractivity (Wildman–Crippen MR) is 131 cm³/mol. The Morgan fingerprint density at radius 3 is 2.34 bits per heavy atom. The molecular weight excluding hydrogens is 504 g/mol. The highest BCUT2D eigenvalue weighted by Gasteiger charge is 2.40. The van der Waals surface area contributed by atoms with Gasteiger partial charge in [0.15, 0.2) is 0 Å². The molecule has 1 heterocycles. The van der Waals surface area contributed by atoms with Crippen molar-refractivity contribution in [3.05, 3.63) is 71.6 Å². The molecule has 0 spiro atoms. The maximum absolute atomic E-state index is 13.8. The Morgan fingerprint density at radius 2 is 1.71 bits per heavy atom. The van der Waals surface area contributed by atoms with Crippen LogP contribution in [0.15, 0.2) is 48.7 Å². The number of primary amides is 1. The molecule has 1 saturated carbocycles. The maximum Gasteiger partial charge on any atom is 0.271 e. The molecule has 1 aliphatic rings. The molecule has 3 aromatic rings. The van der Waals surface area contributed by atoms with Crippen molar-refractivity contribution in [3.8, 4) is 0 Å². The number of rotatable bonds is 9. The number of halogens is 4. The van der Waals surface area contributed by atoms with E-state index in [1.807, 2.05) is 0 Å². The van der Waals surface area contributed by atoms with Crippen LogP contribution < -0.4 is 11.1 Å². The van der Waals surface area contributed by atoms with Gasteiger partial charge in [-0.3, -0.25) is 14.6 Å². The van der Waals surface area contributed by atoms with E-state index in [-0.39, 0.29) is 49.8 Å². The molecule has 202 valence electrons. The van der Waals surface area contributed by atoms with Crippen LogP contribution in [0.4, 0.5) is 17.6 Å². The number of para-hydroxylation sites is 2. The van der Waals surface area contributed by atoms with Gasteiger partial charge < -0.3 is 16.2 Å². The van der Waals surface area contributed by atoms with E-state index in [4.69, 9.17) is 5.73 Å². The number of hydrogen-bond donors (Lipinski definition) is 3. The molecule has 4 N–H and O–H groups in total. The van der Waals surface area contributed by atoms with Gasteiger partial charge in [0.25, 0.3) is 5.91 Å². The fraction of sp³-hybridized carbons (Fsp3) is 0.407. The summed E-state index contributed by atoms with van der Waals surface area (Å²) in [6.07, 6.45) is -1.19. The summed E-state index contributed by atoms with van der Waals surface area (Å²) in [5.41, 5.74) is 6.72. The lowest BCUT2D eigenvalue weighted by molar-refractivity contribution is -0.127. The minimum atomic E-state index is -2.81. The molecule has 7 nitrogen and oxygen atoms in total. The van der Waals surface area contributed by atoms with Gasteiger partial charge in [0.2, 0.25) is 11.8 Å². The predicted octanol–water partition coefficient (Wildman–Crippen LogP) is 3.93. The second kappa shape index (κ2) is 11.4. The van der Waals surface area contributed by atoms with E-state index in [0.29, 0.717) is 17.1 Å². The first kappa shape index (κ1) is 27.4. The highest BCUT2D eigenvalue weighted by atomic mass is 19.3. The Bertz CT molecular complexity index is 1290. The van der Waals surface area contributed by atoms with Crippen LogP contribution in [-0.2, 0) is 11.2 Å². The third-order valence-electron chi connectivity index (χ3n) is 7.03. The zero-order valence-electron chi connectivity index (χ0n) is 20.4. The summed E-state index contributed by atoms with van der Waals surface area (Å²) < 4.78 is 55.0. The van der Waals surface area contributed by atoms with Gasteiger partial charge in [-0.25, -0.2) is 22.5 Å². The molecule has 38 heavy (non-hydrogen) atoms. The molecule has 4 rings (SSSR count). The van der Waals surface area contributed by atoms with E-state index in [1.54, 1.807) is 24.3 Å². The Balaban J connectivity index is 1.56. The summed E-state index contributed by atoms with van der Waals surface area (Å²) >= 11 is 0. The smallest absolute Gasteiger partial charge is 0.271 e. The van der Waals surface area contributed by atoms with Gasteiger partial charge in [-0.15, -0.1) is 0 Å². The molecule has 0 radical (unpaired) electrons. The van der Waals surface area contributed by atoms with E-state index in [2.05, 4.69) is 15.3 Å². The number of aliphatic hydroxyl groups is 1. The van der Waals surface area contributed by atoms with Crippen molar-refractivity contribution in [1.82, 2.24) is 15.3 Å². The van der Waals surface area contributed by atoms with Crippen molar-refractivity contribution in [2.45, 2.75) is 56.6 Å². The van der Waals surface area contributed by atoms with E-state index in [9.17, 15) is 32.3 Å². The van der Waals surface area contributed by atoms with Crippen molar-refractivity contribution >= 4 is 22.8 Å². The number of hydrogen-bond acceptors (Lipinski definition) is 5. The largest absolute Gasteiger partial charge is 0.391 e. The first-order valence-electron chi connectivity index (χ1n) is 12.3. The lowest BCUT2D eigenvalue weighted by Gasteiger charge is -2.34. The summed E-state index contributed by atoms with van der Waals surface area (Å²) in [4.78, 5) is 33.8. The lowest BCUT2D eigenvalue weighted by atomic mass is 9.75. The molecule has 1 aromatic heterocycles. The first-order chi connectivity index (χ1) is 18.0. The van der Waals surface area contributed by atoms with E-state index >= 15 is 0 Å². The highest BCUT2D eigenvalue weighted by molar-refractivity contribution is 5.94. The number of benzene rings is 2. The number of aromatic nitrogens is 2. The van der Waals surface area contributed by atoms with Crippen molar-refractivity contribution in [3.63, 3.8) is 0 Å². The van der Waals surface area contributed by atoms with Crippen molar-refractivity contribution in [1.29, 1.82) is 0 Å². The van der Waals surface area contributed by atoms with Gasteiger partial charge in [-0.2, -0.15) is 0 Å². The molecule has 1 aliphatic carbocycles. The van der Waals surface area contributed by atoms with Crippen LogP contribution in [0.5, 0.6) is 0 Å². The third-order valence-corrected chi connectivity index (χ3v) is 7.03. The van der Waals surface area contributed by atoms with Gasteiger partial charge in [0.1, 0.15) is 17.3 Å². The maximum atomic E-state index is 13.8. The van der Waals surface area contributed by atoms with Gasteiger partial charge in [-0.05, 0) is 61.4 Å². The molecular formula is C27H28F4N4O3. The Morgan fingerprint density at radius 1 is 1.08 bits per heavy atom. The van der Waals surface area contributed by atoms with Crippen LogP contribution in [0, 0.1) is 23.5 Å². The number of carbonyl (C=O) groups excluding carboxylic acids is 2. The average molecular weight is 533 g/mol. The monoisotopic (exact) mass is 532 g/mol. The van der Waals surface area contributed by atoms with Crippen LogP contribution in [0.3, 0.4) is 0 Å². The normalized spacial score (nSPS) is 18.0. The van der Waals surface area contributed by atoms with Gasteiger partial charge in [0.05, 0.1) is 29.4 Å². The molecule has 2 amide bonds. The lowest BCUT2D eigenvalue weighted by Crippen LogP contribution is -2.47. The molecule has 1 fully saturated rings. The van der Waals surface area contributed by atoms with Gasteiger partial charge in [0, 0.05) is 24.8 Å². The van der Waals surface area contributed by atoms with Gasteiger partial charge >= 0.3 is 0 Å². The molecule has 0 saturated heterocycles. The van der Waals surface area contributed by atoms with Crippen molar-refractivity contribution in [2.24, 2.45) is 17.6 Å². The van der Waals surface area contributed by atoms with Crippen LogP contribution in [-0.4, -0.2) is 45.0 Å². The zero-order chi connectivity index (χ0) is 27.4. The first-order valence-corrected chi connectivity index (χ1v) is 12.3. The second-order valence-electron chi connectivity index (χ2n) is 9.81. The summed E-state index contributed by atoms with van der Waals surface area (Å²) in [6.45, 7) is 0. The van der Waals surface area contributed by atoms with Crippen LogP contribution in [0.2, 0.25) is 0 Å². The van der Waals surface area contributed by atoms with Crippen LogP contribution in [0.25, 0.3) is 11.0 Å². The number of nitrogens with two attached hydrogens (primary N) is 1. The molecule has 3 unspecified atom stereocenters. The quantitative estimate of drug-likeness (QED) is 0.361. The van der Waals surface area contributed by atoms with Crippen molar-refractivity contribution < 1.29 is 32.3 Å². The summed E-state index contributed by atoms with van der Waals surface area (Å²) in [5.74, 6) is -7.31. The molecule has 0 aliphatic heterocycles. The number of nitrogens with one attached hydrogen (secondary N) is 1.